The van der Waals surface area contributed by atoms with Crippen molar-refractivity contribution in [2.24, 2.45) is 0 Å². The van der Waals surface area contributed by atoms with Crippen LogP contribution in [0.1, 0.15) is 30.0 Å². The molecule has 0 bridgehead atoms. The Balaban J connectivity index is 2.08. The second-order valence-corrected chi connectivity index (χ2v) is 11.9. The van der Waals surface area contributed by atoms with Gasteiger partial charge in [0.25, 0.3) is 0 Å². The van der Waals surface area contributed by atoms with Crippen LogP contribution in [0, 0.1) is 6.92 Å². The number of benzene rings is 3. The van der Waals surface area contributed by atoms with Crippen molar-refractivity contribution in [3.63, 3.8) is 0 Å². The number of carbonyl (C=O) groups is 2. The van der Waals surface area contributed by atoms with Crippen molar-refractivity contribution in [2.75, 3.05) is 30.8 Å². The van der Waals surface area contributed by atoms with E-state index in [0.29, 0.717) is 6.54 Å². The largest absolute Gasteiger partial charge is 0.495 e. The molecule has 3 aromatic carbocycles. The Bertz CT molecular complexity index is 1400. The predicted molar refractivity (Wildman–Crippen MR) is 159 cm³/mol. The van der Waals surface area contributed by atoms with E-state index in [2.05, 4.69) is 5.32 Å². The fraction of sp³-hybridized carbons (Fsp3) is 0.333. The Morgan fingerprint density at radius 2 is 1.68 bits per heavy atom. The number of ether oxygens (including phenoxy) is 1. The molecule has 0 aliphatic heterocycles. The molecule has 8 nitrogen and oxygen atoms in total. The second-order valence-electron chi connectivity index (χ2n) is 9.59. The summed E-state index contributed by atoms with van der Waals surface area (Å²) in [5.41, 5.74) is 2.87. The normalized spacial score (nSPS) is 11.9. The van der Waals surface area contributed by atoms with Crippen LogP contribution in [0.15, 0.2) is 72.8 Å². The van der Waals surface area contributed by atoms with Crippen LogP contribution in [0.5, 0.6) is 5.75 Å². The SMILES string of the molecule is CCCNC(=O)[C@H](Cc1ccccc1)N(Cc1ccc(C)cc1)C(=O)CN(c1cc(Cl)ccc1OC)S(C)(=O)=O. The number of aryl methyl sites for hydroxylation is 1. The zero-order valence-electron chi connectivity index (χ0n) is 23.3. The summed E-state index contributed by atoms with van der Waals surface area (Å²) in [5.74, 6) is -0.604. The number of hydrogen-bond acceptors (Lipinski definition) is 5. The number of carbonyl (C=O) groups excluding carboxylic acids is 2. The number of anilines is 1. The Labute approximate surface area is 241 Å². The number of hydrogen-bond donors (Lipinski definition) is 1. The Morgan fingerprint density at radius 3 is 2.27 bits per heavy atom. The van der Waals surface area contributed by atoms with E-state index < -0.39 is 28.5 Å². The van der Waals surface area contributed by atoms with Gasteiger partial charge in [-0.1, -0.05) is 78.7 Å². The van der Waals surface area contributed by atoms with Crippen molar-refractivity contribution in [3.05, 3.63) is 94.5 Å². The van der Waals surface area contributed by atoms with Gasteiger partial charge in [0.05, 0.1) is 19.1 Å². The van der Waals surface area contributed by atoms with E-state index in [1.165, 1.54) is 18.1 Å². The van der Waals surface area contributed by atoms with Crippen molar-refractivity contribution >= 4 is 39.1 Å². The maximum absolute atomic E-state index is 14.1. The summed E-state index contributed by atoms with van der Waals surface area (Å²) in [6.07, 6.45) is 2.00. The lowest BCUT2D eigenvalue weighted by molar-refractivity contribution is -0.140. The van der Waals surface area contributed by atoms with E-state index in [0.717, 1.165) is 33.7 Å². The molecule has 0 aromatic heterocycles. The first-order chi connectivity index (χ1) is 19.0. The monoisotopic (exact) mass is 585 g/mol. The van der Waals surface area contributed by atoms with E-state index in [-0.39, 0.29) is 35.3 Å². The number of amides is 2. The molecule has 0 aliphatic rings. The van der Waals surface area contributed by atoms with E-state index in [4.69, 9.17) is 16.3 Å². The van der Waals surface area contributed by atoms with Gasteiger partial charge < -0.3 is 15.0 Å². The third-order valence-electron chi connectivity index (χ3n) is 6.38. The van der Waals surface area contributed by atoms with E-state index in [1.54, 1.807) is 12.1 Å². The third-order valence-corrected chi connectivity index (χ3v) is 7.74. The molecular weight excluding hydrogens is 550 g/mol. The molecule has 0 saturated carbocycles. The quantitative estimate of drug-likeness (QED) is 0.317. The highest BCUT2D eigenvalue weighted by Gasteiger charge is 2.33. The van der Waals surface area contributed by atoms with Gasteiger partial charge in [0.1, 0.15) is 18.3 Å². The first-order valence-corrected chi connectivity index (χ1v) is 15.2. The summed E-state index contributed by atoms with van der Waals surface area (Å²) in [6.45, 7) is 3.93. The third kappa shape index (κ3) is 8.47. The molecule has 214 valence electrons. The van der Waals surface area contributed by atoms with Crippen LogP contribution in [0.2, 0.25) is 5.02 Å². The van der Waals surface area contributed by atoms with Crippen LogP contribution >= 0.6 is 11.6 Å². The van der Waals surface area contributed by atoms with Crippen LogP contribution in [0.4, 0.5) is 5.69 Å². The van der Waals surface area contributed by atoms with Gasteiger partial charge in [-0.05, 0) is 42.7 Å². The zero-order chi connectivity index (χ0) is 29.3. The lowest BCUT2D eigenvalue weighted by Gasteiger charge is -2.33. The van der Waals surface area contributed by atoms with Crippen molar-refractivity contribution in [1.82, 2.24) is 10.2 Å². The van der Waals surface area contributed by atoms with Gasteiger partial charge in [0.2, 0.25) is 21.8 Å². The lowest BCUT2D eigenvalue weighted by atomic mass is 10.0. The molecule has 0 fully saturated rings. The predicted octanol–water partition coefficient (Wildman–Crippen LogP) is 4.59. The van der Waals surface area contributed by atoms with Crippen molar-refractivity contribution < 1.29 is 22.7 Å². The van der Waals surface area contributed by atoms with Gasteiger partial charge in [-0.15, -0.1) is 0 Å². The van der Waals surface area contributed by atoms with Crippen LogP contribution in [0.25, 0.3) is 0 Å². The van der Waals surface area contributed by atoms with Gasteiger partial charge in [0.15, 0.2) is 0 Å². The topological polar surface area (TPSA) is 96.0 Å². The smallest absolute Gasteiger partial charge is 0.244 e. The van der Waals surface area contributed by atoms with Crippen LogP contribution in [-0.2, 0) is 32.6 Å². The number of nitrogens with one attached hydrogen (secondary N) is 1. The molecule has 3 aromatic rings. The Kier molecular flexibility index (Phi) is 11.0. The first-order valence-electron chi connectivity index (χ1n) is 13.0. The summed E-state index contributed by atoms with van der Waals surface area (Å²) >= 11 is 6.19. The second kappa shape index (κ2) is 14.2. The highest BCUT2D eigenvalue weighted by molar-refractivity contribution is 7.92. The van der Waals surface area contributed by atoms with Crippen LogP contribution < -0.4 is 14.4 Å². The maximum atomic E-state index is 14.1. The molecule has 0 saturated heterocycles. The summed E-state index contributed by atoms with van der Waals surface area (Å²) in [7, 11) is -2.54. The van der Waals surface area contributed by atoms with Crippen molar-refractivity contribution in [1.29, 1.82) is 0 Å². The number of nitrogens with zero attached hydrogens (tertiary/aromatic N) is 2. The number of methoxy groups -OCH3 is 1. The minimum absolute atomic E-state index is 0.112. The molecule has 0 heterocycles. The Hall–Kier alpha value is -3.56. The van der Waals surface area contributed by atoms with Gasteiger partial charge in [-0.2, -0.15) is 0 Å². The average molecular weight is 586 g/mol. The van der Waals surface area contributed by atoms with Gasteiger partial charge in [0, 0.05) is 24.5 Å². The minimum Gasteiger partial charge on any atom is -0.495 e. The highest BCUT2D eigenvalue weighted by atomic mass is 35.5. The van der Waals surface area contributed by atoms with E-state index >= 15 is 0 Å². The summed E-state index contributed by atoms with van der Waals surface area (Å²) in [5, 5.41) is 3.21. The fourth-order valence-electron chi connectivity index (χ4n) is 4.26. The summed E-state index contributed by atoms with van der Waals surface area (Å²) in [6, 6.07) is 20.8. The van der Waals surface area contributed by atoms with Crippen LogP contribution in [-0.4, -0.2) is 57.6 Å². The Morgan fingerprint density at radius 1 is 1.00 bits per heavy atom. The fourth-order valence-corrected chi connectivity index (χ4v) is 5.27. The lowest BCUT2D eigenvalue weighted by Crippen LogP contribution is -2.53. The first kappa shape index (κ1) is 31.0. The van der Waals surface area contributed by atoms with Crippen LogP contribution in [0.3, 0.4) is 0 Å². The molecule has 40 heavy (non-hydrogen) atoms. The number of sulfonamides is 1. The number of rotatable bonds is 13. The molecule has 1 N–H and O–H groups in total. The zero-order valence-corrected chi connectivity index (χ0v) is 24.8. The molecule has 0 radical (unpaired) electrons. The highest BCUT2D eigenvalue weighted by Crippen LogP contribution is 2.33. The molecule has 10 heteroatoms. The van der Waals surface area contributed by atoms with E-state index in [1.807, 2.05) is 68.4 Å². The summed E-state index contributed by atoms with van der Waals surface area (Å²) < 4.78 is 32.3. The van der Waals surface area contributed by atoms with Crippen molar-refractivity contribution in [2.45, 2.75) is 39.3 Å². The molecule has 0 aliphatic carbocycles. The van der Waals surface area contributed by atoms with E-state index in [9.17, 15) is 18.0 Å². The molecule has 0 unspecified atom stereocenters. The molecule has 0 spiro atoms. The van der Waals surface area contributed by atoms with Gasteiger partial charge in [-0.25, -0.2) is 8.42 Å². The molecule has 2 amide bonds. The molecular formula is C30H36ClN3O5S. The van der Waals surface area contributed by atoms with Gasteiger partial charge >= 0.3 is 0 Å². The minimum atomic E-state index is -3.95. The molecule has 3 rings (SSSR count). The standard InChI is InChI=1S/C30H36ClN3O5S/c1-5-17-32-30(36)27(18-23-9-7-6-8-10-23)33(20-24-13-11-22(2)12-14-24)29(35)21-34(40(4,37)38)26-19-25(31)15-16-28(26)39-3/h6-16,19,27H,5,17-18,20-21H2,1-4H3,(H,32,36)/t27-/m0/s1. The van der Waals surface area contributed by atoms with Gasteiger partial charge in [-0.3, -0.25) is 13.9 Å². The van der Waals surface area contributed by atoms with Crippen molar-refractivity contribution in [3.8, 4) is 5.75 Å². The number of halogens is 1. The summed E-state index contributed by atoms with van der Waals surface area (Å²) in [4.78, 5) is 29.1. The molecule has 1 atom stereocenters. The average Bonchev–Trinajstić information content (AvgIpc) is 2.93. The maximum Gasteiger partial charge on any atom is 0.244 e.